The van der Waals surface area contributed by atoms with E-state index in [4.69, 9.17) is 4.42 Å². The summed E-state index contributed by atoms with van der Waals surface area (Å²) >= 11 is 0.583. The number of rotatable bonds is 10. The SMILES string of the molecule is CN(C)CCCCNCc1ccc(CSC(F)F)o1. The van der Waals surface area contributed by atoms with Crippen LogP contribution in [0.2, 0.25) is 0 Å². The van der Waals surface area contributed by atoms with Crippen molar-refractivity contribution in [2.24, 2.45) is 0 Å². The van der Waals surface area contributed by atoms with Gasteiger partial charge in [-0.15, -0.1) is 0 Å². The van der Waals surface area contributed by atoms with Gasteiger partial charge in [0.1, 0.15) is 11.5 Å². The summed E-state index contributed by atoms with van der Waals surface area (Å²) in [7, 11) is 4.13. The highest BCUT2D eigenvalue weighted by Crippen LogP contribution is 2.21. The first-order chi connectivity index (χ1) is 9.08. The fraction of sp³-hybridized carbons (Fsp3) is 0.692. The normalized spacial score (nSPS) is 11.7. The Labute approximate surface area is 117 Å². The smallest absolute Gasteiger partial charge is 0.284 e. The van der Waals surface area contributed by atoms with Crippen LogP contribution < -0.4 is 5.32 Å². The zero-order valence-electron chi connectivity index (χ0n) is 11.5. The Kier molecular flexibility index (Phi) is 8.09. The quantitative estimate of drug-likeness (QED) is 0.671. The predicted molar refractivity (Wildman–Crippen MR) is 75.5 cm³/mol. The van der Waals surface area contributed by atoms with E-state index in [9.17, 15) is 8.78 Å². The van der Waals surface area contributed by atoms with Gasteiger partial charge in [-0.05, 0) is 52.2 Å². The third kappa shape index (κ3) is 8.23. The number of thioether (sulfide) groups is 1. The maximum atomic E-state index is 12.0. The molecule has 0 radical (unpaired) electrons. The number of hydrogen-bond donors (Lipinski definition) is 1. The number of halogens is 2. The maximum Gasteiger partial charge on any atom is 0.284 e. The second-order valence-corrected chi connectivity index (χ2v) is 5.61. The van der Waals surface area contributed by atoms with Crippen LogP contribution in [-0.4, -0.2) is 37.8 Å². The lowest BCUT2D eigenvalue weighted by Gasteiger charge is -2.08. The van der Waals surface area contributed by atoms with Crippen molar-refractivity contribution in [1.29, 1.82) is 0 Å². The molecule has 0 fully saturated rings. The van der Waals surface area contributed by atoms with Crippen LogP contribution in [-0.2, 0) is 12.3 Å². The summed E-state index contributed by atoms with van der Waals surface area (Å²) in [6, 6.07) is 3.60. The number of hydrogen-bond acceptors (Lipinski definition) is 4. The lowest BCUT2D eigenvalue weighted by Crippen LogP contribution is -2.17. The first kappa shape index (κ1) is 16.5. The summed E-state index contributed by atoms with van der Waals surface area (Å²) in [6.07, 6.45) is 2.28. The molecule has 6 heteroatoms. The van der Waals surface area contributed by atoms with Crippen LogP contribution >= 0.6 is 11.8 Å². The van der Waals surface area contributed by atoms with E-state index in [0.717, 1.165) is 31.7 Å². The first-order valence-electron chi connectivity index (χ1n) is 6.40. The minimum Gasteiger partial charge on any atom is -0.464 e. The van der Waals surface area contributed by atoms with Crippen LogP contribution in [0.3, 0.4) is 0 Å². The Bertz CT molecular complexity index is 345. The van der Waals surface area contributed by atoms with Gasteiger partial charge in [-0.25, -0.2) is 0 Å². The third-order valence-electron chi connectivity index (χ3n) is 2.58. The molecule has 0 unspecified atom stereocenters. The summed E-state index contributed by atoms with van der Waals surface area (Å²) in [5, 5.41) is 3.29. The molecular formula is C13H22F2N2OS. The highest BCUT2D eigenvalue weighted by Gasteiger charge is 2.07. The molecule has 1 heterocycles. The van der Waals surface area contributed by atoms with E-state index in [-0.39, 0.29) is 5.75 Å². The molecule has 0 atom stereocenters. The van der Waals surface area contributed by atoms with Crippen molar-refractivity contribution in [1.82, 2.24) is 10.2 Å². The summed E-state index contributed by atoms with van der Waals surface area (Å²) in [6.45, 7) is 2.69. The number of nitrogens with one attached hydrogen (secondary N) is 1. The van der Waals surface area contributed by atoms with E-state index >= 15 is 0 Å². The molecule has 0 spiro atoms. The van der Waals surface area contributed by atoms with Crippen molar-refractivity contribution >= 4 is 11.8 Å². The van der Waals surface area contributed by atoms with Gasteiger partial charge in [0, 0.05) is 0 Å². The maximum absolute atomic E-state index is 12.0. The standard InChI is InChI=1S/C13H22F2N2OS/c1-17(2)8-4-3-7-16-9-11-5-6-12(18-11)10-19-13(14)15/h5-6,13,16H,3-4,7-10H2,1-2H3. The molecule has 1 aromatic heterocycles. The molecule has 0 aliphatic rings. The van der Waals surface area contributed by atoms with Crippen molar-refractivity contribution in [3.8, 4) is 0 Å². The molecule has 0 amide bonds. The van der Waals surface area contributed by atoms with E-state index in [1.54, 1.807) is 6.07 Å². The van der Waals surface area contributed by atoms with Gasteiger partial charge in [0.05, 0.1) is 12.3 Å². The van der Waals surface area contributed by atoms with Crippen LogP contribution in [0.5, 0.6) is 0 Å². The average Bonchev–Trinajstić information content (AvgIpc) is 2.78. The van der Waals surface area contributed by atoms with Crippen LogP contribution in [0.15, 0.2) is 16.5 Å². The number of furan rings is 1. The fourth-order valence-electron chi connectivity index (χ4n) is 1.63. The van der Waals surface area contributed by atoms with Crippen molar-refractivity contribution < 1.29 is 13.2 Å². The monoisotopic (exact) mass is 292 g/mol. The molecule has 0 bridgehead atoms. The van der Waals surface area contributed by atoms with E-state index < -0.39 is 5.76 Å². The Hall–Kier alpha value is -0.590. The van der Waals surface area contributed by atoms with Crippen LogP contribution in [0.1, 0.15) is 24.4 Å². The second kappa shape index (κ2) is 9.34. The molecule has 0 saturated carbocycles. The van der Waals surface area contributed by atoms with Gasteiger partial charge in [0.25, 0.3) is 5.76 Å². The Morgan fingerprint density at radius 1 is 1.26 bits per heavy atom. The van der Waals surface area contributed by atoms with Crippen LogP contribution in [0.4, 0.5) is 8.78 Å². The van der Waals surface area contributed by atoms with Gasteiger partial charge in [0.2, 0.25) is 0 Å². The lowest BCUT2D eigenvalue weighted by atomic mass is 10.3. The van der Waals surface area contributed by atoms with Gasteiger partial charge in [-0.3, -0.25) is 0 Å². The summed E-state index contributed by atoms with van der Waals surface area (Å²) < 4.78 is 29.5. The molecule has 0 saturated heterocycles. The average molecular weight is 292 g/mol. The molecule has 110 valence electrons. The predicted octanol–water partition coefficient (Wildman–Crippen LogP) is 3.17. The van der Waals surface area contributed by atoms with Gasteiger partial charge >= 0.3 is 0 Å². The highest BCUT2D eigenvalue weighted by molar-refractivity contribution is 7.98. The summed E-state index contributed by atoms with van der Waals surface area (Å²) in [5.41, 5.74) is 0. The largest absolute Gasteiger partial charge is 0.464 e. The number of alkyl halides is 2. The highest BCUT2D eigenvalue weighted by atomic mass is 32.2. The lowest BCUT2D eigenvalue weighted by molar-refractivity contribution is 0.251. The second-order valence-electron chi connectivity index (χ2n) is 4.63. The molecule has 3 nitrogen and oxygen atoms in total. The van der Waals surface area contributed by atoms with Crippen molar-refractivity contribution in [2.45, 2.75) is 30.9 Å². The van der Waals surface area contributed by atoms with E-state index in [1.165, 1.54) is 0 Å². The van der Waals surface area contributed by atoms with Crippen molar-refractivity contribution in [2.75, 3.05) is 27.2 Å². The fourth-order valence-corrected chi connectivity index (χ4v) is 2.08. The zero-order valence-corrected chi connectivity index (χ0v) is 12.3. The van der Waals surface area contributed by atoms with E-state index in [0.29, 0.717) is 24.1 Å². The van der Waals surface area contributed by atoms with Gasteiger partial charge in [-0.2, -0.15) is 8.78 Å². The molecule has 1 aromatic rings. The number of nitrogens with zero attached hydrogens (tertiary/aromatic N) is 1. The molecule has 0 aliphatic heterocycles. The Morgan fingerprint density at radius 3 is 2.68 bits per heavy atom. The van der Waals surface area contributed by atoms with Gasteiger partial charge in [-0.1, -0.05) is 11.8 Å². The zero-order chi connectivity index (χ0) is 14.1. The topological polar surface area (TPSA) is 28.4 Å². The third-order valence-corrected chi connectivity index (χ3v) is 3.28. The molecule has 1 rings (SSSR count). The molecule has 0 aromatic carbocycles. The van der Waals surface area contributed by atoms with Crippen molar-refractivity contribution in [3.05, 3.63) is 23.7 Å². The van der Waals surface area contributed by atoms with Gasteiger partial charge < -0.3 is 14.6 Å². The van der Waals surface area contributed by atoms with Crippen LogP contribution in [0.25, 0.3) is 0 Å². The van der Waals surface area contributed by atoms with Gasteiger partial charge in [0.15, 0.2) is 0 Å². The molecule has 1 N–H and O–H groups in total. The molecule has 19 heavy (non-hydrogen) atoms. The minimum absolute atomic E-state index is 0.223. The van der Waals surface area contributed by atoms with Crippen LogP contribution in [0, 0.1) is 0 Å². The Balaban J connectivity index is 2.09. The summed E-state index contributed by atoms with van der Waals surface area (Å²) in [4.78, 5) is 2.17. The summed E-state index contributed by atoms with van der Waals surface area (Å²) in [5.74, 6) is -0.712. The van der Waals surface area contributed by atoms with E-state index in [1.807, 2.05) is 6.07 Å². The Morgan fingerprint density at radius 2 is 2.00 bits per heavy atom. The number of unbranched alkanes of at least 4 members (excludes halogenated alkanes) is 1. The van der Waals surface area contributed by atoms with Crippen molar-refractivity contribution in [3.63, 3.8) is 0 Å². The molecule has 0 aliphatic carbocycles. The van der Waals surface area contributed by atoms with E-state index in [2.05, 4.69) is 24.3 Å². The first-order valence-corrected chi connectivity index (χ1v) is 7.45. The minimum atomic E-state index is -2.34. The molecular weight excluding hydrogens is 270 g/mol.